The Kier molecular flexibility index (Phi) is 5.06. The molecule has 2 aromatic carbocycles. The molecular formula is C21H22ClFN2O2. The summed E-state index contributed by atoms with van der Waals surface area (Å²) in [6, 6.07) is 14.0. The predicted molar refractivity (Wildman–Crippen MR) is 104 cm³/mol. The van der Waals surface area contributed by atoms with Gasteiger partial charge in [0.25, 0.3) is 0 Å². The van der Waals surface area contributed by atoms with Crippen molar-refractivity contribution in [2.24, 2.45) is 0 Å². The van der Waals surface area contributed by atoms with E-state index in [1.165, 1.54) is 6.07 Å². The number of ether oxygens (including phenoxy) is 1. The van der Waals surface area contributed by atoms with E-state index >= 15 is 0 Å². The van der Waals surface area contributed by atoms with Crippen LogP contribution in [0.1, 0.15) is 24.3 Å². The Bertz CT molecular complexity index is 846. The first-order chi connectivity index (χ1) is 13.1. The van der Waals surface area contributed by atoms with Gasteiger partial charge in [-0.15, -0.1) is 0 Å². The SMILES string of the molecule is COCCN1C(=O)N(c2cccc(Cl)c2)[C@@H]2[C@H](c3ccccc3F)CC[C@@H]21. The molecule has 2 amide bonds. The van der Waals surface area contributed by atoms with Crippen molar-refractivity contribution in [3.05, 3.63) is 64.9 Å². The van der Waals surface area contributed by atoms with Gasteiger partial charge in [0, 0.05) is 30.3 Å². The van der Waals surface area contributed by atoms with Gasteiger partial charge in [0.15, 0.2) is 0 Å². The van der Waals surface area contributed by atoms with Crippen molar-refractivity contribution in [2.45, 2.75) is 30.8 Å². The fourth-order valence-corrected chi connectivity index (χ4v) is 4.72. The first-order valence-corrected chi connectivity index (χ1v) is 9.58. The Labute approximate surface area is 163 Å². The number of rotatable bonds is 5. The Hall–Kier alpha value is -2.11. The number of nitrogens with zero attached hydrogens (tertiary/aromatic N) is 2. The lowest BCUT2D eigenvalue weighted by Gasteiger charge is -2.28. The van der Waals surface area contributed by atoms with Crippen LogP contribution in [0, 0.1) is 5.82 Å². The van der Waals surface area contributed by atoms with Crippen molar-refractivity contribution in [1.82, 2.24) is 4.90 Å². The quantitative estimate of drug-likeness (QED) is 0.744. The first-order valence-electron chi connectivity index (χ1n) is 9.20. The Morgan fingerprint density at radius 2 is 2.00 bits per heavy atom. The summed E-state index contributed by atoms with van der Waals surface area (Å²) in [6.45, 7) is 1.00. The molecule has 6 heteroatoms. The zero-order chi connectivity index (χ0) is 19.0. The molecule has 0 unspecified atom stereocenters. The highest BCUT2D eigenvalue weighted by molar-refractivity contribution is 6.30. The van der Waals surface area contributed by atoms with Crippen LogP contribution in [0.25, 0.3) is 0 Å². The molecule has 4 nitrogen and oxygen atoms in total. The number of benzene rings is 2. The fourth-order valence-electron chi connectivity index (χ4n) is 4.53. The maximum atomic E-state index is 14.5. The molecule has 1 heterocycles. The lowest BCUT2D eigenvalue weighted by molar-refractivity contribution is 0.146. The molecule has 2 fully saturated rings. The number of halogens is 2. The van der Waals surface area contributed by atoms with Crippen molar-refractivity contribution < 1.29 is 13.9 Å². The van der Waals surface area contributed by atoms with E-state index in [4.69, 9.17) is 16.3 Å². The molecule has 0 aromatic heterocycles. The van der Waals surface area contributed by atoms with Crippen LogP contribution >= 0.6 is 11.6 Å². The maximum absolute atomic E-state index is 14.5. The third kappa shape index (κ3) is 3.19. The molecule has 3 atom stereocenters. The predicted octanol–water partition coefficient (Wildman–Crippen LogP) is 4.68. The molecule has 2 aromatic rings. The number of methoxy groups -OCH3 is 1. The van der Waals surface area contributed by atoms with Gasteiger partial charge in [0.05, 0.1) is 18.7 Å². The number of hydrogen-bond donors (Lipinski definition) is 0. The number of fused-ring (bicyclic) bond motifs is 1. The second kappa shape index (κ2) is 7.49. The molecule has 0 radical (unpaired) electrons. The van der Waals surface area contributed by atoms with E-state index in [0.717, 1.165) is 18.5 Å². The van der Waals surface area contributed by atoms with Gasteiger partial charge in [-0.1, -0.05) is 35.9 Å². The zero-order valence-corrected chi connectivity index (χ0v) is 15.9. The summed E-state index contributed by atoms with van der Waals surface area (Å²) in [7, 11) is 1.63. The minimum Gasteiger partial charge on any atom is -0.383 e. The molecule has 1 aliphatic carbocycles. The maximum Gasteiger partial charge on any atom is 0.325 e. The van der Waals surface area contributed by atoms with Crippen LogP contribution in [0.2, 0.25) is 5.02 Å². The Balaban J connectivity index is 1.76. The van der Waals surface area contributed by atoms with Crippen LogP contribution in [0.3, 0.4) is 0 Å². The fraction of sp³-hybridized carbons (Fsp3) is 0.381. The summed E-state index contributed by atoms with van der Waals surface area (Å²) in [5.74, 6) is -0.260. The zero-order valence-electron chi connectivity index (χ0n) is 15.1. The average Bonchev–Trinajstić information content (AvgIpc) is 3.18. The number of anilines is 1. The summed E-state index contributed by atoms with van der Waals surface area (Å²) < 4.78 is 19.7. The van der Waals surface area contributed by atoms with Crippen molar-refractivity contribution in [3.63, 3.8) is 0 Å². The summed E-state index contributed by atoms with van der Waals surface area (Å²) in [5, 5.41) is 0.577. The highest BCUT2D eigenvalue weighted by Gasteiger charge is 2.53. The van der Waals surface area contributed by atoms with Crippen molar-refractivity contribution in [3.8, 4) is 0 Å². The summed E-state index contributed by atoms with van der Waals surface area (Å²) in [4.78, 5) is 16.9. The molecule has 27 heavy (non-hydrogen) atoms. The molecule has 2 aliphatic rings. The van der Waals surface area contributed by atoms with Crippen LogP contribution in [0.5, 0.6) is 0 Å². The van der Waals surface area contributed by atoms with Crippen LogP contribution in [0.15, 0.2) is 48.5 Å². The van der Waals surface area contributed by atoms with Gasteiger partial charge in [-0.05, 0) is 42.7 Å². The van der Waals surface area contributed by atoms with Gasteiger partial charge in [-0.2, -0.15) is 0 Å². The number of amides is 2. The van der Waals surface area contributed by atoms with Gasteiger partial charge in [-0.25, -0.2) is 9.18 Å². The normalized spacial score (nSPS) is 24.6. The molecule has 0 N–H and O–H groups in total. The Morgan fingerprint density at radius 1 is 1.19 bits per heavy atom. The summed E-state index contributed by atoms with van der Waals surface area (Å²) >= 11 is 6.18. The van der Waals surface area contributed by atoms with E-state index in [1.807, 2.05) is 29.2 Å². The lowest BCUT2D eigenvalue weighted by Crippen LogP contribution is -2.38. The molecule has 1 saturated heterocycles. The minimum atomic E-state index is -0.211. The van der Waals surface area contributed by atoms with Gasteiger partial charge in [0.2, 0.25) is 0 Å². The van der Waals surface area contributed by atoms with E-state index < -0.39 is 0 Å². The topological polar surface area (TPSA) is 32.8 Å². The van der Waals surface area contributed by atoms with Crippen molar-refractivity contribution in [1.29, 1.82) is 0 Å². The van der Waals surface area contributed by atoms with Crippen LogP contribution in [-0.4, -0.2) is 43.3 Å². The van der Waals surface area contributed by atoms with E-state index in [1.54, 1.807) is 30.2 Å². The van der Waals surface area contributed by atoms with Gasteiger partial charge in [0.1, 0.15) is 5.82 Å². The van der Waals surface area contributed by atoms with E-state index in [9.17, 15) is 9.18 Å². The number of carbonyl (C=O) groups is 1. The lowest BCUT2D eigenvalue weighted by atomic mass is 9.92. The highest BCUT2D eigenvalue weighted by Crippen LogP contribution is 2.47. The molecule has 1 saturated carbocycles. The third-order valence-corrected chi connectivity index (χ3v) is 5.89. The molecule has 0 spiro atoms. The largest absolute Gasteiger partial charge is 0.383 e. The summed E-state index contributed by atoms with van der Waals surface area (Å²) in [6.07, 6.45) is 1.68. The second-order valence-electron chi connectivity index (χ2n) is 7.08. The van der Waals surface area contributed by atoms with E-state index in [-0.39, 0.29) is 29.8 Å². The smallest absolute Gasteiger partial charge is 0.325 e. The second-order valence-corrected chi connectivity index (χ2v) is 7.52. The highest BCUT2D eigenvalue weighted by atomic mass is 35.5. The number of hydrogen-bond acceptors (Lipinski definition) is 2. The molecule has 1 aliphatic heterocycles. The minimum absolute atomic E-state index is 0.0382. The molecule has 142 valence electrons. The molecular weight excluding hydrogens is 367 g/mol. The third-order valence-electron chi connectivity index (χ3n) is 5.66. The van der Waals surface area contributed by atoms with Crippen LogP contribution in [-0.2, 0) is 4.74 Å². The van der Waals surface area contributed by atoms with Gasteiger partial charge in [-0.3, -0.25) is 4.90 Å². The summed E-state index contributed by atoms with van der Waals surface area (Å²) in [5.41, 5.74) is 1.43. The number of carbonyl (C=O) groups excluding carboxylic acids is 1. The monoisotopic (exact) mass is 388 g/mol. The van der Waals surface area contributed by atoms with E-state index in [0.29, 0.717) is 23.7 Å². The average molecular weight is 389 g/mol. The standard InChI is InChI=1S/C21H22ClFN2O2/c1-27-12-11-24-19-10-9-17(16-7-2-3-8-18(16)23)20(19)25(21(24)26)15-6-4-5-14(22)13-15/h2-8,13,17,19-20H,9-12H2,1H3/t17-,19-,20+/m0/s1. The number of urea groups is 1. The van der Waals surface area contributed by atoms with Gasteiger partial charge < -0.3 is 9.64 Å². The van der Waals surface area contributed by atoms with Crippen LogP contribution in [0.4, 0.5) is 14.9 Å². The van der Waals surface area contributed by atoms with Crippen LogP contribution < -0.4 is 4.90 Å². The van der Waals surface area contributed by atoms with Crippen molar-refractivity contribution >= 4 is 23.3 Å². The van der Waals surface area contributed by atoms with Gasteiger partial charge >= 0.3 is 6.03 Å². The van der Waals surface area contributed by atoms with E-state index in [2.05, 4.69) is 0 Å². The molecule has 0 bridgehead atoms. The Morgan fingerprint density at radius 3 is 2.74 bits per heavy atom. The van der Waals surface area contributed by atoms with Crippen molar-refractivity contribution in [2.75, 3.05) is 25.2 Å². The first kappa shape index (κ1) is 18.3. The molecule has 4 rings (SSSR count).